The summed E-state index contributed by atoms with van der Waals surface area (Å²) in [6, 6.07) is 4.21. The molecular weight excluding hydrogens is 187 g/mol. The monoisotopic (exact) mass is 198 g/mol. The number of anilines is 1. The summed E-state index contributed by atoms with van der Waals surface area (Å²) in [6.45, 7) is 0.00872. The van der Waals surface area contributed by atoms with E-state index in [1.54, 1.807) is 0 Å². The molecule has 1 rings (SSSR count). The molecule has 0 fully saturated rings. The van der Waals surface area contributed by atoms with Gasteiger partial charge < -0.3 is 15.8 Å². The van der Waals surface area contributed by atoms with E-state index >= 15 is 0 Å². The minimum atomic E-state index is -0.478. The fourth-order valence-electron chi connectivity index (χ4n) is 0.959. The largest absolute Gasteiger partial charge is 0.494 e. The fraction of sp³-hybridized carbons (Fsp3) is 0.222. The van der Waals surface area contributed by atoms with Gasteiger partial charge in [-0.15, -0.1) is 0 Å². The number of rotatable bonds is 4. The first-order valence-corrected chi connectivity index (χ1v) is 3.99. The van der Waals surface area contributed by atoms with Crippen LogP contribution < -0.4 is 15.8 Å². The lowest BCUT2D eigenvalue weighted by Crippen LogP contribution is -2.21. The van der Waals surface area contributed by atoms with Crippen LogP contribution in [0.5, 0.6) is 5.75 Å². The first-order valence-electron chi connectivity index (χ1n) is 3.99. The first-order chi connectivity index (χ1) is 6.63. The van der Waals surface area contributed by atoms with E-state index < -0.39 is 11.7 Å². The smallest absolute Gasteiger partial charge is 0.236 e. The van der Waals surface area contributed by atoms with Gasteiger partial charge in [-0.3, -0.25) is 4.79 Å². The van der Waals surface area contributed by atoms with Gasteiger partial charge >= 0.3 is 0 Å². The maximum Gasteiger partial charge on any atom is 0.236 e. The van der Waals surface area contributed by atoms with E-state index in [1.807, 2.05) is 0 Å². The van der Waals surface area contributed by atoms with E-state index in [2.05, 4.69) is 5.32 Å². The van der Waals surface area contributed by atoms with Gasteiger partial charge in [-0.1, -0.05) is 0 Å². The summed E-state index contributed by atoms with van der Waals surface area (Å²) in [5, 5.41) is 2.72. The molecule has 0 heterocycles. The van der Waals surface area contributed by atoms with Crippen LogP contribution in [-0.2, 0) is 4.79 Å². The summed E-state index contributed by atoms with van der Waals surface area (Å²) in [6.07, 6.45) is 0. The molecule has 4 nitrogen and oxygen atoms in total. The Morgan fingerprint density at radius 3 is 2.93 bits per heavy atom. The molecule has 0 saturated heterocycles. The van der Waals surface area contributed by atoms with Gasteiger partial charge in [0, 0.05) is 11.8 Å². The molecule has 5 heteroatoms. The summed E-state index contributed by atoms with van der Waals surface area (Å²) < 4.78 is 17.7. The van der Waals surface area contributed by atoms with Gasteiger partial charge in [0.15, 0.2) is 11.6 Å². The number of amides is 1. The SMILES string of the molecule is COc1cc(NCC(N)=O)ccc1F. The number of halogens is 1. The number of carbonyl (C=O) groups excluding carboxylic acids is 1. The standard InChI is InChI=1S/C9H11FN2O2/c1-14-8-4-6(2-3-7(8)10)12-5-9(11)13/h2-4,12H,5H2,1H3,(H2,11,13). The fourth-order valence-corrected chi connectivity index (χ4v) is 0.959. The van der Waals surface area contributed by atoms with Gasteiger partial charge in [-0.2, -0.15) is 0 Å². The topological polar surface area (TPSA) is 64.3 Å². The van der Waals surface area contributed by atoms with Crippen LogP contribution in [0.1, 0.15) is 0 Å². The number of methoxy groups -OCH3 is 1. The molecule has 0 aliphatic heterocycles. The number of ether oxygens (including phenoxy) is 1. The Kier molecular flexibility index (Phi) is 3.28. The van der Waals surface area contributed by atoms with E-state index in [0.29, 0.717) is 5.69 Å². The average molecular weight is 198 g/mol. The minimum Gasteiger partial charge on any atom is -0.494 e. The Bertz CT molecular complexity index is 342. The quantitative estimate of drug-likeness (QED) is 0.749. The van der Waals surface area contributed by atoms with Crippen LogP contribution in [0.4, 0.5) is 10.1 Å². The number of hydrogen-bond donors (Lipinski definition) is 2. The molecule has 76 valence electrons. The third-order valence-electron chi connectivity index (χ3n) is 1.62. The second-order valence-corrected chi connectivity index (χ2v) is 2.67. The third-order valence-corrected chi connectivity index (χ3v) is 1.62. The molecule has 14 heavy (non-hydrogen) atoms. The lowest BCUT2D eigenvalue weighted by atomic mass is 10.3. The van der Waals surface area contributed by atoms with Gasteiger partial charge in [0.25, 0.3) is 0 Å². The predicted octanol–water partition coefficient (Wildman–Crippen LogP) is 0.731. The van der Waals surface area contributed by atoms with Crippen molar-refractivity contribution in [1.29, 1.82) is 0 Å². The van der Waals surface area contributed by atoms with Crippen LogP contribution in [0.3, 0.4) is 0 Å². The van der Waals surface area contributed by atoms with Crippen LogP contribution in [0.25, 0.3) is 0 Å². The minimum absolute atomic E-state index is 0.00872. The molecule has 0 aromatic heterocycles. The van der Waals surface area contributed by atoms with Crippen molar-refractivity contribution in [2.75, 3.05) is 19.0 Å². The highest BCUT2D eigenvalue weighted by atomic mass is 19.1. The highest BCUT2D eigenvalue weighted by molar-refractivity contribution is 5.78. The van der Waals surface area contributed by atoms with Gasteiger partial charge in [-0.25, -0.2) is 4.39 Å². The van der Waals surface area contributed by atoms with E-state index in [9.17, 15) is 9.18 Å². The van der Waals surface area contributed by atoms with Crippen LogP contribution in [0, 0.1) is 5.82 Å². The number of primary amides is 1. The van der Waals surface area contributed by atoms with E-state index in [4.69, 9.17) is 10.5 Å². The third kappa shape index (κ3) is 2.62. The Labute approximate surface area is 80.9 Å². The molecule has 0 saturated carbocycles. The lowest BCUT2D eigenvalue weighted by molar-refractivity contribution is -0.116. The molecule has 3 N–H and O–H groups in total. The van der Waals surface area contributed by atoms with Gasteiger partial charge in [0.1, 0.15) is 0 Å². The second-order valence-electron chi connectivity index (χ2n) is 2.67. The summed E-state index contributed by atoms with van der Waals surface area (Å²) in [7, 11) is 1.37. The normalized spacial score (nSPS) is 9.57. The predicted molar refractivity (Wildman–Crippen MR) is 50.6 cm³/mol. The number of benzene rings is 1. The molecule has 1 aromatic rings. The van der Waals surface area contributed by atoms with Crippen molar-refractivity contribution in [3.8, 4) is 5.75 Å². The van der Waals surface area contributed by atoms with Crippen molar-refractivity contribution in [3.63, 3.8) is 0 Å². The zero-order valence-corrected chi connectivity index (χ0v) is 7.71. The van der Waals surface area contributed by atoms with Crippen LogP contribution in [0.15, 0.2) is 18.2 Å². The summed E-state index contributed by atoms with van der Waals surface area (Å²) in [5.41, 5.74) is 5.52. The molecule has 0 aliphatic carbocycles. The van der Waals surface area contributed by atoms with Gasteiger partial charge in [-0.05, 0) is 12.1 Å². The average Bonchev–Trinajstić information content (AvgIpc) is 2.16. The van der Waals surface area contributed by atoms with Crippen molar-refractivity contribution < 1.29 is 13.9 Å². The Hall–Kier alpha value is -1.78. The van der Waals surface area contributed by atoms with Crippen molar-refractivity contribution in [1.82, 2.24) is 0 Å². The van der Waals surface area contributed by atoms with Crippen LogP contribution >= 0.6 is 0 Å². The van der Waals surface area contributed by atoms with Crippen molar-refractivity contribution in [2.24, 2.45) is 5.73 Å². The van der Waals surface area contributed by atoms with Crippen LogP contribution in [-0.4, -0.2) is 19.6 Å². The van der Waals surface area contributed by atoms with Crippen molar-refractivity contribution >= 4 is 11.6 Å². The first kappa shape index (κ1) is 10.3. The molecule has 0 aliphatic rings. The summed E-state index contributed by atoms with van der Waals surface area (Å²) in [5.74, 6) is -0.801. The molecule has 0 spiro atoms. The maximum atomic E-state index is 12.9. The summed E-state index contributed by atoms with van der Waals surface area (Å²) >= 11 is 0. The zero-order chi connectivity index (χ0) is 10.6. The highest BCUT2D eigenvalue weighted by Gasteiger charge is 2.03. The molecule has 0 unspecified atom stereocenters. The molecule has 1 amide bonds. The Morgan fingerprint density at radius 2 is 2.36 bits per heavy atom. The molecule has 1 aromatic carbocycles. The highest BCUT2D eigenvalue weighted by Crippen LogP contribution is 2.20. The maximum absolute atomic E-state index is 12.9. The van der Waals surface area contributed by atoms with Crippen LogP contribution in [0.2, 0.25) is 0 Å². The number of nitrogens with one attached hydrogen (secondary N) is 1. The molecular formula is C9H11FN2O2. The van der Waals surface area contributed by atoms with E-state index in [1.165, 1.54) is 25.3 Å². The second kappa shape index (κ2) is 4.45. The van der Waals surface area contributed by atoms with E-state index in [-0.39, 0.29) is 12.3 Å². The summed E-state index contributed by atoms with van der Waals surface area (Å²) in [4.78, 5) is 10.4. The van der Waals surface area contributed by atoms with Gasteiger partial charge in [0.05, 0.1) is 13.7 Å². The number of nitrogens with two attached hydrogens (primary N) is 1. The number of hydrogen-bond acceptors (Lipinski definition) is 3. The van der Waals surface area contributed by atoms with Crippen molar-refractivity contribution in [3.05, 3.63) is 24.0 Å². The molecule has 0 atom stereocenters. The Morgan fingerprint density at radius 1 is 1.64 bits per heavy atom. The number of carbonyl (C=O) groups is 1. The molecule has 0 radical (unpaired) electrons. The zero-order valence-electron chi connectivity index (χ0n) is 7.71. The van der Waals surface area contributed by atoms with Gasteiger partial charge in [0.2, 0.25) is 5.91 Å². The Balaban J connectivity index is 2.74. The lowest BCUT2D eigenvalue weighted by Gasteiger charge is -2.06. The van der Waals surface area contributed by atoms with E-state index in [0.717, 1.165) is 0 Å². The van der Waals surface area contributed by atoms with Crippen molar-refractivity contribution in [2.45, 2.75) is 0 Å². The molecule has 0 bridgehead atoms.